The molecule has 2 aromatic carbocycles. The van der Waals surface area contributed by atoms with E-state index in [0.717, 1.165) is 17.4 Å². The quantitative estimate of drug-likeness (QED) is 0.345. The van der Waals surface area contributed by atoms with E-state index in [1.165, 1.54) is 12.1 Å². The smallest absolute Gasteiger partial charge is 0.320 e. The molecular weight excluding hydrogens is 480 g/mol. The number of rotatable bonds is 7. The van der Waals surface area contributed by atoms with E-state index in [2.05, 4.69) is 25.9 Å². The van der Waals surface area contributed by atoms with E-state index in [4.69, 9.17) is 4.74 Å². The summed E-state index contributed by atoms with van der Waals surface area (Å²) >= 11 is 0. The van der Waals surface area contributed by atoms with Crippen molar-refractivity contribution in [2.75, 3.05) is 29.9 Å². The minimum absolute atomic E-state index is 0.357. The fourth-order valence-corrected chi connectivity index (χ4v) is 4.67. The zero-order valence-electron chi connectivity index (χ0n) is 20.4. The van der Waals surface area contributed by atoms with E-state index in [0.29, 0.717) is 42.5 Å². The fraction of sp³-hybridized carbons (Fsp3) is 0.269. The molecule has 0 saturated carbocycles. The van der Waals surface area contributed by atoms with Gasteiger partial charge in [0.1, 0.15) is 17.5 Å². The lowest BCUT2D eigenvalue weighted by Gasteiger charge is -2.21. The largest absolute Gasteiger partial charge is 0.477 e. The average molecular weight is 508 g/mol. The molecule has 9 nitrogen and oxygen atoms in total. The van der Waals surface area contributed by atoms with Gasteiger partial charge in [-0.2, -0.15) is 5.10 Å². The van der Waals surface area contributed by atoms with Crippen LogP contribution in [0.2, 0.25) is 0 Å². The molecule has 4 aromatic rings. The first kappa shape index (κ1) is 24.3. The van der Waals surface area contributed by atoms with Gasteiger partial charge in [-0.3, -0.25) is 10.4 Å². The van der Waals surface area contributed by atoms with Crippen molar-refractivity contribution < 1.29 is 18.3 Å². The molecule has 0 aliphatic carbocycles. The number of amides is 2. The number of carbonyl (C=O) groups excluding carboxylic acids is 1. The maximum absolute atomic E-state index is 14.1. The van der Waals surface area contributed by atoms with Crippen molar-refractivity contribution in [3.05, 3.63) is 83.7 Å². The third-order valence-electron chi connectivity index (χ3n) is 6.39. The third kappa shape index (κ3) is 5.11. The zero-order valence-corrected chi connectivity index (χ0v) is 20.4. The van der Waals surface area contributed by atoms with Crippen LogP contribution in [0.25, 0.3) is 5.69 Å². The van der Waals surface area contributed by atoms with Gasteiger partial charge in [-0.1, -0.05) is 18.2 Å². The summed E-state index contributed by atoms with van der Waals surface area (Å²) in [7, 11) is 0. The highest BCUT2D eigenvalue weighted by atomic mass is 19.1. The number of hydrogen-bond donors (Lipinski definition) is 3. The molecule has 2 amide bonds. The predicted molar refractivity (Wildman–Crippen MR) is 135 cm³/mol. The van der Waals surface area contributed by atoms with Crippen molar-refractivity contribution >= 4 is 17.5 Å². The minimum atomic E-state index is -0.661. The van der Waals surface area contributed by atoms with Crippen LogP contribution in [0, 0.1) is 18.6 Å². The molecule has 192 valence electrons. The van der Waals surface area contributed by atoms with Crippen LogP contribution in [0.3, 0.4) is 0 Å². The maximum Gasteiger partial charge on any atom is 0.320 e. The number of para-hydroxylation sites is 1. The highest BCUT2D eigenvalue weighted by Gasteiger charge is 2.36. The number of hydrogen-bond acceptors (Lipinski definition) is 5. The normalized spacial score (nSPS) is 17.1. The highest BCUT2D eigenvalue weighted by Crippen LogP contribution is 2.32. The zero-order chi connectivity index (χ0) is 25.9. The van der Waals surface area contributed by atoms with Crippen molar-refractivity contribution in [1.29, 1.82) is 0 Å². The number of halogens is 2. The molecule has 0 bridgehead atoms. The Morgan fingerprint density at radius 1 is 1.14 bits per heavy atom. The standard InChI is InChI=1S/C26H27F2N7O2/c1-3-37-25-16(2)24(35(33-25)20-7-5-4-6-8-20)32-26(36)31-23-15-34(21-12-29-30-13-21)14-22(23)17-9-18(27)11-19(28)10-17/h4-13,22-23H,3,14-15H2,1-2H3,(H,29,30)(H2,31,32,36). The molecular formula is C26H27F2N7O2. The van der Waals surface area contributed by atoms with Crippen LogP contribution in [0.4, 0.5) is 25.1 Å². The van der Waals surface area contributed by atoms with E-state index in [9.17, 15) is 13.6 Å². The Bertz CT molecular complexity index is 1360. The van der Waals surface area contributed by atoms with Crippen molar-refractivity contribution in [3.63, 3.8) is 0 Å². The Morgan fingerprint density at radius 3 is 2.57 bits per heavy atom. The van der Waals surface area contributed by atoms with Gasteiger partial charge in [-0.15, -0.1) is 5.10 Å². The lowest BCUT2D eigenvalue weighted by atomic mass is 9.94. The topological polar surface area (TPSA) is 100 Å². The SMILES string of the molecule is CCOc1nn(-c2ccccc2)c(NC(=O)NC2CN(c3cn[nH]c3)CC2c2cc(F)cc(F)c2)c1C. The lowest BCUT2D eigenvalue weighted by molar-refractivity contribution is 0.248. The maximum atomic E-state index is 14.1. The summed E-state index contributed by atoms with van der Waals surface area (Å²) in [6.07, 6.45) is 3.41. The molecule has 11 heteroatoms. The van der Waals surface area contributed by atoms with Crippen LogP contribution in [0.5, 0.6) is 5.88 Å². The van der Waals surface area contributed by atoms with Gasteiger partial charge >= 0.3 is 6.03 Å². The molecule has 1 fully saturated rings. The highest BCUT2D eigenvalue weighted by molar-refractivity contribution is 5.90. The van der Waals surface area contributed by atoms with Crippen molar-refractivity contribution in [2.45, 2.75) is 25.8 Å². The van der Waals surface area contributed by atoms with E-state index >= 15 is 0 Å². The van der Waals surface area contributed by atoms with E-state index in [1.807, 2.05) is 49.1 Å². The number of nitrogens with one attached hydrogen (secondary N) is 3. The summed E-state index contributed by atoms with van der Waals surface area (Å²) in [4.78, 5) is 15.3. The monoisotopic (exact) mass is 507 g/mol. The van der Waals surface area contributed by atoms with E-state index < -0.39 is 23.7 Å². The molecule has 0 spiro atoms. The Morgan fingerprint density at radius 2 is 1.89 bits per heavy atom. The van der Waals surface area contributed by atoms with Crippen LogP contribution < -0.4 is 20.3 Å². The molecule has 37 heavy (non-hydrogen) atoms. The second-order valence-electron chi connectivity index (χ2n) is 8.83. The first-order valence-corrected chi connectivity index (χ1v) is 12.0. The second-order valence-corrected chi connectivity index (χ2v) is 8.83. The van der Waals surface area contributed by atoms with E-state index in [1.54, 1.807) is 17.1 Å². The number of benzene rings is 2. The molecule has 3 N–H and O–H groups in total. The summed E-state index contributed by atoms with van der Waals surface area (Å²) in [5, 5.41) is 17.2. The summed E-state index contributed by atoms with van der Waals surface area (Å²) in [5.41, 5.74) is 2.73. The minimum Gasteiger partial charge on any atom is -0.477 e. The number of aromatic nitrogens is 4. The fourth-order valence-electron chi connectivity index (χ4n) is 4.67. The molecule has 5 rings (SSSR count). The molecule has 2 aromatic heterocycles. The van der Waals surface area contributed by atoms with Gasteiger partial charge in [0.15, 0.2) is 0 Å². The van der Waals surface area contributed by atoms with Crippen LogP contribution in [-0.4, -0.2) is 51.7 Å². The van der Waals surface area contributed by atoms with Gasteiger partial charge in [-0.25, -0.2) is 18.3 Å². The van der Waals surface area contributed by atoms with Crippen molar-refractivity contribution in [1.82, 2.24) is 25.3 Å². The van der Waals surface area contributed by atoms with Gasteiger partial charge in [-0.05, 0) is 43.7 Å². The Balaban J connectivity index is 1.41. The number of anilines is 2. The van der Waals surface area contributed by atoms with Crippen LogP contribution >= 0.6 is 0 Å². The predicted octanol–water partition coefficient (Wildman–Crippen LogP) is 4.37. The first-order chi connectivity index (χ1) is 17.9. The molecule has 1 aliphatic heterocycles. The Hall–Kier alpha value is -4.41. The first-order valence-electron chi connectivity index (χ1n) is 12.0. The van der Waals surface area contributed by atoms with Crippen LogP contribution in [-0.2, 0) is 0 Å². The van der Waals surface area contributed by atoms with Gasteiger partial charge in [0, 0.05) is 31.3 Å². The molecule has 0 radical (unpaired) electrons. The van der Waals surface area contributed by atoms with Gasteiger partial charge in [0.05, 0.1) is 35.8 Å². The number of aromatic amines is 1. The number of ether oxygens (including phenoxy) is 1. The molecule has 2 atom stereocenters. The van der Waals surface area contributed by atoms with Gasteiger partial charge in [0.25, 0.3) is 0 Å². The number of carbonyl (C=O) groups is 1. The summed E-state index contributed by atoms with van der Waals surface area (Å²) in [6, 6.07) is 11.9. The number of nitrogens with zero attached hydrogens (tertiary/aromatic N) is 4. The van der Waals surface area contributed by atoms with Crippen LogP contribution in [0.15, 0.2) is 60.9 Å². The molecule has 2 unspecified atom stereocenters. The van der Waals surface area contributed by atoms with Gasteiger partial charge < -0.3 is 15.0 Å². The summed E-state index contributed by atoms with van der Waals surface area (Å²) < 4.78 is 35.4. The van der Waals surface area contributed by atoms with E-state index in [-0.39, 0.29) is 5.92 Å². The number of urea groups is 1. The van der Waals surface area contributed by atoms with Gasteiger partial charge in [0.2, 0.25) is 5.88 Å². The number of H-pyrrole nitrogens is 1. The summed E-state index contributed by atoms with van der Waals surface area (Å²) in [5.74, 6) is -0.798. The second kappa shape index (κ2) is 10.3. The average Bonchev–Trinajstić information content (AvgIpc) is 3.61. The molecule has 3 heterocycles. The van der Waals surface area contributed by atoms with Crippen molar-refractivity contribution in [3.8, 4) is 11.6 Å². The molecule has 1 saturated heterocycles. The summed E-state index contributed by atoms with van der Waals surface area (Å²) in [6.45, 7) is 4.99. The third-order valence-corrected chi connectivity index (χ3v) is 6.39. The van der Waals surface area contributed by atoms with Crippen molar-refractivity contribution in [2.24, 2.45) is 0 Å². The Kier molecular flexibility index (Phi) is 6.76. The Labute approximate surface area is 212 Å². The van der Waals surface area contributed by atoms with Crippen LogP contribution in [0.1, 0.15) is 24.0 Å². The lowest BCUT2D eigenvalue weighted by Crippen LogP contribution is -2.42. The molecule has 1 aliphatic rings.